The van der Waals surface area contributed by atoms with E-state index in [0.29, 0.717) is 19.1 Å². The van der Waals surface area contributed by atoms with Crippen LogP contribution in [-0.4, -0.2) is 41.1 Å². The quantitative estimate of drug-likeness (QED) is 0.776. The molecule has 1 amide bonds. The molecule has 2 N–H and O–H groups in total. The fraction of sp³-hybridized carbons (Fsp3) is 0.643. The van der Waals surface area contributed by atoms with Crippen LogP contribution in [0.25, 0.3) is 0 Å². The number of amides is 1. The maximum absolute atomic E-state index is 12.1. The Kier molecular flexibility index (Phi) is 4.99. The molecule has 106 valence electrons. The summed E-state index contributed by atoms with van der Waals surface area (Å²) in [6.45, 7) is 2.95. The monoisotopic (exact) mass is 266 g/mol. The predicted molar refractivity (Wildman–Crippen MR) is 71.4 cm³/mol. The van der Waals surface area contributed by atoms with E-state index in [1.807, 2.05) is 13.0 Å². The van der Waals surface area contributed by atoms with Gasteiger partial charge in [0.2, 0.25) is 5.91 Å². The molecule has 0 aromatic carbocycles. The predicted octanol–water partition coefficient (Wildman–Crippen LogP) is 1.13. The third kappa shape index (κ3) is 3.58. The van der Waals surface area contributed by atoms with Crippen molar-refractivity contribution < 1.29 is 14.3 Å². The first kappa shape index (κ1) is 14.1. The normalized spacial score (nSPS) is 17.2. The Labute approximate surface area is 113 Å². The molecule has 0 radical (unpaired) electrons. The van der Waals surface area contributed by atoms with Gasteiger partial charge in [-0.15, -0.1) is 0 Å². The van der Waals surface area contributed by atoms with Crippen LogP contribution in [0.5, 0.6) is 0 Å². The molecule has 0 saturated heterocycles. The van der Waals surface area contributed by atoms with Crippen LogP contribution in [0.4, 0.5) is 0 Å². The van der Waals surface area contributed by atoms with Gasteiger partial charge in [0.25, 0.3) is 0 Å². The molecular formula is C14H22N2O3. The molecular weight excluding hydrogens is 244 g/mol. The highest BCUT2D eigenvalue weighted by Gasteiger charge is 2.31. The third-order valence-corrected chi connectivity index (χ3v) is 3.80. The van der Waals surface area contributed by atoms with Gasteiger partial charge < -0.3 is 14.8 Å². The number of hydrogen-bond acceptors (Lipinski definition) is 4. The van der Waals surface area contributed by atoms with Crippen molar-refractivity contribution in [3.8, 4) is 0 Å². The van der Waals surface area contributed by atoms with Gasteiger partial charge in [0.05, 0.1) is 25.5 Å². The smallest absolute Gasteiger partial charge is 0.237 e. The van der Waals surface area contributed by atoms with Gasteiger partial charge >= 0.3 is 0 Å². The zero-order valence-corrected chi connectivity index (χ0v) is 11.3. The van der Waals surface area contributed by atoms with Crippen molar-refractivity contribution in [3.63, 3.8) is 0 Å². The molecule has 1 atom stereocenters. The highest BCUT2D eigenvalue weighted by atomic mass is 16.3. The molecule has 0 spiro atoms. The fourth-order valence-electron chi connectivity index (χ4n) is 2.41. The summed E-state index contributed by atoms with van der Waals surface area (Å²) in [7, 11) is 0. The summed E-state index contributed by atoms with van der Waals surface area (Å²) < 4.78 is 5.18. The average molecular weight is 266 g/mol. The Hall–Kier alpha value is -1.33. The van der Waals surface area contributed by atoms with E-state index in [9.17, 15) is 4.79 Å². The Morgan fingerprint density at radius 2 is 2.42 bits per heavy atom. The standard InChI is InChI=1S/C14H22N2O3/c1-11(16(7-8-17)12-4-2-5-12)14(18)15-10-13-6-3-9-19-13/h3,6,9,11-12,17H,2,4-5,7-8,10H2,1H3,(H,15,18). The van der Waals surface area contributed by atoms with E-state index in [2.05, 4.69) is 10.2 Å². The highest BCUT2D eigenvalue weighted by molar-refractivity contribution is 5.81. The van der Waals surface area contributed by atoms with E-state index in [0.717, 1.165) is 18.6 Å². The molecule has 1 saturated carbocycles. The van der Waals surface area contributed by atoms with Crippen molar-refractivity contribution in [3.05, 3.63) is 24.2 Å². The van der Waals surface area contributed by atoms with E-state index < -0.39 is 0 Å². The number of carbonyl (C=O) groups excluding carboxylic acids is 1. The molecule has 1 aliphatic carbocycles. The Morgan fingerprint density at radius 1 is 1.63 bits per heavy atom. The van der Waals surface area contributed by atoms with Crippen molar-refractivity contribution in [2.75, 3.05) is 13.2 Å². The van der Waals surface area contributed by atoms with Crippen LogP contribution in [0.3, 0.4) is 0 Å². The second-order valence-corrected chi connectivity index (χ2v) is 5.02. The SMILES string of the molecule is CC(C(=O)NCc1ccco1)N(CCO)C1CCC1. The van der Waals surface area contributed by atoms with E-state index in [-0.39, 0.29) is 18.6 Å². The van der Waals surface area contributed by atoms with Crippen LogP contribution in [-0.2, 0) is 11.3 Å². The first-order valence-corrected chi connectivity index (χ1v) is 6.89. The number of aliphatic hydroxyl groups is 1. The molecule has 1 unspecified atom stereocenters. The van der Waals surface area contributed by atoms with E-state index in [1.165, 1.54) is 6.42 Å². The number of nitrogens with zero attached hydrogens (tertiary/aromatic N) is 1. The molecule has 1 aromatic rings. The minimum atomic E-state index is -0.215. The molecule has 2 rings (SSSR count). The molecule has 19 heavy (non-hydrogen) atoms. The largest absolute Gasteiger partial charge is 0.467 e. The lowest BCUT2D eigenvalue weighted by Gasteiger charge is -2.40. The van der Waals surface area contributed by atoms with E-state index in [4.69, 9.17) is 9.52 Å². The van der Waals surface area contributed by atoms with Crippen LogP contribution >= 0.6 is 0 Å². The number of nitrogens with one attached hydrogen (secondary N) is 1. The maximum atomic E-state index is 12.1. The zero-order chi connectivity index (χ0) is 13.7. The lowest BCUT2D eigenvalue weighted by molar-refractivity contribution is -0.128. The number of aliphatic hydroxyl groups excluding tert-OH is 1. The van der Waals surface area contributed by atoms with Gasteiger partial charge in [0.15, 0.2) is 0 Å². The summed E-state index contributed by atoms with van der Waals surface area (Å²) in [5.41, 5.74) is 0. The van der Waals surface area contributed by atoms with Gasteiger partial charge in [-0.2, -0.15) is 0 Å². The zero-order valence-electron chi connectivity index (χ0n) is 11.3. The van der Waals surface area contributed by atoms with Crippen molar-refractivity contribution in [2.45, 2.75) is 44.8 Å². The highest BCUT2D eigenvalue weighted by Crippen LogP contribution is 2.26. The molecule has 1 aliphatic rings. The number of furan rings is 1. The van der Waals surface area contributed by atoms with Crippen molar-refractivity contribution >= 4 is 5.91 Å². The Balaban J connectivity index is 1.84. The molecule has 1 aromatic heterocycles. The summed E-state index contributed by atoms with van der Waals surface area (Å²) >= 11 is 0. The molecule has 5 heteroatoms. The van der Waals surface area contributed by atoms with Crippen LogP contribution in [0.2, 0.25) is 0 Å². The summed E-state index contributed by atoms with van der Waals surface area (Å²) in [6.07, 6.45) is 5.05. The van der Waals surface area contributed by atoms with Crippen LogP contribution < -0.4 is 5.32 Å². The molecule has 5 nitrogen and oxygen atoms in total. The van der Waals surface area contributed by atoms with Gasteiger partial charge in [-0.3, -0.25) is 9.69 Å². The van der Waals surface area contributed by atoms with Crippen LogP contribution in [0.1, 0.15) is 31.9 Å². The fourth-order valence-corrected chi connectivity index (χ4v) is 2.41. The summed E-state index contributed by atoms with van der Waals surface area (Å²) in [5, 5.41) is 12.0. The van der Waals surface area contributed by atoms with Crippen LogP contribution in [0, 0.1) is 0 Å². The van der Waals surface area contributed by atoms with Crippen LogP contribution in [0.15, 0.2) is 22.8 Å². The number of rotatable bonds is 7. The number of carbonyl (C=O) groups is 1. The van der Waals surface area contributed by atoms with Gasteiger partial charge in [-0.25, -0.2) is 0 Å². The molecule has 1 heterocycles. The minimum Gasteiger partial charge on any atom is -0.467 e. The second kappa shape index (κ2) is 6.73. The molecule has 1 fully saturated rings. The topological polar surface area (TPSA) is 65.7 Å². The summed E-state index contributed by atoms with van der Waals surface area (Å²) in [6, 6.07) is 3.86. The maximum Gasteiger partial charge on any atom is 0.237 e. The summed E-state index contributed by atoms with van der Waals surface area (Å²) in [5.74, 6) is 0.731. The van der Waals surface area contributed by atoms with Gasteiger partial charge in [-0.05, 0) is 31.9 Å². The molecule has 0 aliphatic heterocycles. The molecule has 0 bridgehead atoms. The average Bonchev–Trinajstić information content (AvgIpc) is 2.85. The Morgan fingerprint density at radius 3 is 2.95 bits per heavy atom. The minimum absolute atomic E-state index is 0.0169. The Bertz CT molecular complexity index is 387. The van der Waals surface area contributed by atoms with Gasteiger partial charge in [0, 0.05) is 12.6 Å². The second-order valence-electron chi connectivity index (χ2n) is 5.02. The lowest BCUT2D eigenvalue weighted by atomic mass is 9.90. The van der Waals surface area contributed by atoms with E-state index >= 15 is 0 Å². The summed E-state index contributed by atoms with van der Waals surface area (Å²) in [4.78, 5) is 14.2. The first-order valence-electron chi connectivity index (χ1n) is 6.89. The third-order valence-electron chi connectivity index (χ3n) is 3.80. The van der Waals surface area contributed by atoms with Crippen molar-refractivity contribution in [2.24, 2.45) is 0 Å². The first-order chi connectivity index (χ1) is 9.22. The number of hydrogen-bond donors (Lipinski definition) is 2. The van der Waals surface area contributed by atoms with Gasteiger partial charge in [0.1, 0.15) is 5.76 Å². The van der Waals surface area contributed by atoms with Gasteiger partial charge in [-0.1, -0.05) is 6.42 Å². The van der Waals surface area contributed by atoms with Crippen molar-refractivity contribution in [1.82, 2.24) is 10.2 Å². The van der Waals surface area contributed by atoms with E-state index in [1.54, 1.807) is 12.3 Å². The lowest BCUT2D eigenvalue weighted by Crippen LogP contribution is -2.52. The van der Waals surface area contributed by atoms with Crippen molar-refractivity contribution in [1.29, 1.82) is 0 Å².